The van der Waals surface area contributed by atoms with Crippen LogP contribution in [0.5, 0.6) is 0 Å². The Morgan fingerprint density at radius 1 is 1.24 bits per heavy atom. The quantitative estimate of drug-likeness (QED) is 0.830. The second-order valence-electron chi connectivity index (χ2n) is 8.43. The third-order valence-electron chi connectivity index (χ3n) is 6.34. The van der Waals surface area contributed by atoms with Crippen LogP contribution in [0.25, 0.3) is 11.0 Å². The molecule has 0 bridgehead atoms. The van der Waals surface area contributed by atoms with Crippen LogP contribution in [0.1, 0.15) is 23.7 Å². The van der Waals surface area contributed by atoms with Gasteiger partial charge in [0.2, 0.25) is 5.95 Å². The third kappa shape index (κ3) is 3.60. The van der Waals surface area contributed by atoms with E-state index in [9.17, 15) is 4.79 Å². The highest BCUT2D eigenvalue weighted by Gasteiger charge is 2.36. The van der Waals surface area contributed by atoms with Crippen molar-refractivity contribution in [3.05, 3.63) is 23.8 Å². The van der Waals surface area contributed by atoms with Crippen molar-refractivity contribution < 1.29 is 14.3 Å². The minimum atomic E-state index is -0.0238. The molecule has 8 heteroatoms. The van der Waals surface area contributed by atoms with E-state index in [4.69, 9.17) is 14.5 Å². The highest BCUT2D eigenvalue weighted by atomic mass is 16.5. The molecule has 0 aliphatic carbocycles. The second kappa shape index (κ2) is 7.59. The number of imidazole rings is 1. The van der Waals surface area contributed by atoms with Gasteiger partial charge in [0.1, 0.15) is 0 Å². The molecule has 0 radical (unpaired) electrons. The van der Waals surface area contributed by atoms with Gasteiger partial charge in [-0.15, -0.1) is 0 Å². The molecule has 3 fully saturated rings. The summed E-state index contributed by atoms with van der Waals surface area (Å²) in [5.74, 6) is 0.909. The maximum atomic E-state index is 12.9. The second-order valence-corrected chi connectivity index (χ2v) is 8.43. The normalized spacial score (nSPS) is 27.9. The lowest BCUT2D eigenvalue weighted by Gasteiger charge is -2.33. The smallest absolute Gasteiger partial charge is 0.251 e. The van der Waals surface area contributed by atoms with Crippen molar-refractivity contribution in [2.45, 2.75) is 31.5 Å². The fourth-order valence-corrected chi connectivity index (χ4v) is 4.79. The number of anilines is 1. The number of rotatable bonds is 3. The van der Waals surface area contributed by atoms with Crippen LogP contribution in [-0.4, -0.2) is 84.5 Å². The van der Waals surface area contributed by atoms with Gasteiger partial charge >= 0.3 is 0 Å². The van der Waals surface area contributed by atoms with Gasteiger partial charge in [-0.1, -0.05) is 0 Å². The number of aryl methyl sites for hydroxylation is 1. The lowest BCUT2D eigenvalue weighted by atomic mass is 10.1. The molecule has 0 saturated carbocycles. The van der Waals surface area contributed by atoms with Gasteiger partial charge in [0, 0.05) is 50.9 Å². The Hall–Kier alpha value is -2.16. The number of ether oxygens (including phenoxy) is 2. The summed E-state index contributed by atoms with van der Waals surface area (Å²) in [6.45, 7) is 7.84. The van der Waals surface area contributed by atoms with Gasteiger partial charge in [-0.2, -0.15) is 0 Å². The summed E-state index contributed by atoms with van der Waals surface area (Å²) in [6, 6.07) is 6.39. The number of nitrogens with zero attached hydrogens (tertiary/aromatic N) is 4. The van der Waals surface area contributed by atoms with Gasteiger partial charge in [-0.3, -0.25) is 9.69 Å². The monoisotopic (exact) mass is 399 g/mol. The highest BCUT2D eigenvalue weighted by molar-refractivity contribution is 5.98. The van der Waals surface area contributed by atoms with Crippen molar-refractivity contribution >= 4 is 22.9 Å². The number of fused-ring (bicyclic) bond motifs is 2. The molecule has 156 valence electrons. The van der Waals surface area contributed by atoms with Gasteiger partial charge < -0.3 is 24.3 Å². The number of carbonyl (C=O) groups excluding carboxylic acids is 1. The number of morpholine rings is 2. The maximum absolute atomic E-state index is 12.9. The lowest BCUT2D eigenvalue weighted by Crippen LogP contribution is -2.45. The van der Waals surface area contributed by atoms with Crippen LogP contribution in [0.4, 0.5) is 5.95 Å². The van der Waals surface area contributed by atoms with Gasteiger partial charge in [0.05, 0.1) is 37.0 Å². The molecule has 0 spiro atoms. The van der Waals surface area contributed by atoms with Crippen molar-refractivity contribution in [2.75, 3.05) is 50.9 Å². The van der Waals surface area contributed by atoms with E-state index in [0.717, 1.165) is 69.4 Å². The molecule has 3 aliphatic rings. The Morgan fingerprint density at radius 2 is 2.07 bits per heavy atom. The zero-order valence-corrected chi connectivity index (χ0v) is 17.1. The molecule has 4 heterocycles. The molecule has 0 unspecified atom stereocenters. The van der Waals surface area contributed by atoms with Crippen LogP contribution < -0.4 is 10.2 Å². The molecule has 1 N–H and O–H groups in total. The van der Waals surface area contributed by atoms with Gasteiger partial charge in [0.25, 0.3) is 5.91 Å². The van der Waals surface area contributed by atoms with E-state index in [1.807, 2.05) is 25.2 Å². The van der Waals surface area contributed by atoms with Gasteiger partial charge in [-0.05, 0) is 31.5 Å². The lowest BCUT2D eigenvalue weighted by molar-refractivity contribution is -0.0390. The van der Waals surface area contributed by atoms with E-state index >= 15 is 0 Å². The first-order valence-corrected chi connectivity index (χ1v) is 10.5. The van der Waals surface area contributed by atoms with Gasteiger partial charge in [-0.25, -0.2) is 4.98 Å². The summed E-state index contributed by atoms with van der Waals surface area (Å²) in [5.41, 5.74) is 2.55. The largest absolute Gasteiger partial charge is 0.378 e. The van der Waals surface area contributed by atoms with Crippen molar-refractivity contribution in [3.63, 3.8) is 0 Å². The van der Waals surface area contributed by atoms with Crippen LogP contribution in [0.15, 0.2) is 18.2 Å². The Labute approximate surface area is 170 Å². The summed E-state index contributed by atoms with van der Waals surface area (Å²) in [7, 11) is 2.03. The standard InChI is InChI=1S/C21H29N5O3/c1-14-11-26-12-16(10-17(26)13-29-14)22-20(27)15-3-4-19-18(9-15)23-21(24(19)2)25-5-7-28-8-6-25/h3-4,9,14,16-17H,5-8,10-13H2,1-2H3,(H,22,27)/t14-,16+,17+/m1/s1. The number of hydrogen-bond donors (Lipinski definition) is 1. The Kier molecular flexibility index (Phi) is 4.93. The molecule has 1 aromatic carbocycles. The molecule has 8 nitrogen and oxygen atoms in total. The van der Waals surface area contributed by atoms with E-state index in [-0.39, 0.29) is 18.1 Å². The topological polar surface area (TPSA) is 71.9 Å². The molecule has 1 aromatic heterocycles. The van der Waals surface area contributed by atoms with Crippen molar-refractivity contribution in [1.29, 1.82) is 0 Å². The summed E-state index contributed by atoms with van der Waals surface area (Å²) in [6.07, 6.45) is 1.22. The third-order valence-corrected chi connectivity index (χ3v) is 6.34. The van der Waals surface area contributed by atoms with E-state index in [2.05, 4.69) is 26.6 Å². The van der Waals surface area contributed by atoms with Crippen molar-refractivity contribution in [1.82, 2.24) is 19.8 Å². The average Bonchev–Trinajstić information content (AvgIpc) is 3.28. The Balaban J connectivity index is 1.30. The number of hydrogen-bond acceptors (Lipinski definition) is 6. The summed E-state index contributed by atoms with van der Waals surface area (Å²) in [4.78, 5) is 22.4. The van der Waals surface area contributed by atoms with E-state index < -0.39 is 0 Å². The van der Waals surface area contributed by atoms with Gasteiger partial charge in [0.15, 0.2) is 0 Å². The van der Waals surface area contributed by atoms with Crippen LogP contribution >= 0.6 is 0 Å². The SMILES string of the molecule is C[C@@H]1CN2C[C@@H](NC(=O)c3ccc4c(c3)nc(N3CCOCC3)n4C)C[C@H]2CO1. The predicted molar refractivity (Wildman–Crippen MR) is 110 cm³/mol. The fraction of sp³-hybridized carbons (Fsp3) is 0.619. The number of amides is 1. The minimum absolute atomic E-state index is 0.0238. The molecule has 3 saturated heterocycles. The maximum Gasteiger partial charge on any atom is 0.251 e. The highest BCUT2D eigenvalue weighted by Crippen LogP contribution is 2.25. The predicted octanol–water partition coefficient (Wildman–Crippen LogP) is 1.00. The molecule has 5 rings (SSSR count). The summed E-state index contributed by atoms with van der Waals surface area (Å²) >= 11 is 0. The first-order chi connectivity index (χ1) is 14.1. The first-order valence-electron chi connectivity index (χ1n) is 10.5. The molecule has 2 aromatic rings. The van der Waals surface area contributed by atoms with Crippen LogP contribution in [0, 0.1) is 0 Å². The Morgan fingerprint density at radius 3 is 2.90 bits per heavy atom. The summed E-state index contributed by atoms with van der Waals surface area (Å²) < 4.78 is 13.3. The molecule has 3 atom stereocenters. The molecule has 3 aliphatic heterocycles. The number of aromatic nitrogens is 2. The zero-order valence-electron chi connectivity index (χ0n) is 17.1. The van der Waals surface area contributed by atoms with Crippen LogP contribution in [0.2, 0.25) is 0 Å². The molecular formula is C21H29N5O3. The Bertz CT molecular complexity index is 907. The van der Waals surface area contributed by atoms with E-state index in [1.165, 1.54) is 0 Å². The van der Waals surface area contributed by atoms with E-state index in [0.29, 0.717) is 11.6 Å². The van der Waals surface area contributed by atoms with Crippen molar-refractivity contribution in [2.24, 2.45) is 7.05 Å². The average molecular weight is 399 g/mol. The molecule has 1 amide bonds. The van der Waals surface area contributed by atoms with Crippen molar-refractivity contribution in [3.8, 4) is 0 Å². The number of nitrogens with one attached hydrogen (secondary N) is 1. The van der Waals surface area contributed by atoms with Crippen LogP contribution in [-0.2, 0) is 16.5 Å². The van der Waals surface area contributed by atoms with Crippen LogP contribution in [0.3, 0.4) is 0 Å². The first kappa shape index (κ1) is 18.8. The number of carbonyl (C=O) groups is 1. The molecular weight excluding hydrogens is 370 g/mol. The zero-order chi connectivity index (χ0) is 20.0. The van der Waals surface area contributed by atoms with E-state index in [1.54, 1.807) is 0 Å². The summed E-state index contributed by atoms with van der Waals surface area (Å²) in [5, 5.41) is 3.22. The fourth-order valence-electron chi connectivity index (χ4n) is 4.79. The number of benzene rings is 1. The minimum Gasteiger partial charge on any atom is -0.378 e. The molecule has 29 heavy (non-hydrogen) atoms.